The van der Waals surface area contributed by atoms with E-state index in [1.54, 1.807) is 0 Å². The average Bonchev–Trinajstić information content (AvgIpc) is 2.16. The number of nitro benzene ring substituents is 1. The lowest BCUT2D eigenvalue weighted by Gasteiger charge is -2.02. The quantitative estimate of drug-likeness (QED) is 0.462. The van der Waals surface area contributed by atoms with Crippen molar-refractivity contribution in [1.82, 2.24) is 0 Å². The van der Waals surface area contributed by atoms with Crippen LogP contribution in [0.4, 0.5) is 10.1 Å². The molecule has 0 aliphatic heterocycles. The number of halogens is 1. The van der Waals surface area contributed by atoms with Crippen molar-refractivity contribution in [2.24, 2.45) is 5.73 Å². The van der Waals surface area contributed by atoms with Crippen molar-refractivity contribution in [2.45, 2.75) is 0 Å². The molecular weight excluding hydrogens is 203 g/mol. The van der Waals surface area contributed by atoms with Crippen molar-refractivity contribution >= 4 is 17.2 Å². The molecule has 0 aliphatic rings. The Morgan fingerprint density at radius 3 is 2.53 bits per heavy atom. The van der Waals surface area contributed by atoms with Crippen LogP contribution in [0.1, 0.15) is 5.56 Å². The van der Waals surface area contributed by atoms with Gasteiger partial charge in [0.25, 0.3) is 5.69 Å². The minimum Gasteiger partial charge on any atom is -0.366 e. The van der Waals surface area contributed by atoms with Gasteiger partial charge in [-0.1, -0.05) is 6.58 Å². The number of nitro groups is 1. The number of carbonyl (C=O) groups is 1. The van der Waals surface area contributed by atoms with Gasteiger partial charge in [0, 0.05) is 17.2 Å². The van der Waals surface area contributed by atoms with Crippen LogP contribution in [-0.4, -0.2) is 10.8 Å². The molecule has 2 N–H and O–H groups in total. The predicted molar refractivity (Wildman–Crippen MR) is 51.3 cm³/mol. The van der Waals surface area contributed by atoms with Crippen LogP contribution in [0.15, 0.2) is 24.8 Å². The second kappa shape index (κ2) is 3.87. The number of benzene rings is 1. The first-order chi connectivity index (χ1) is 6.93. The fourth-order valence-corrected chi connectivity index (χ4v) is 0.995. The summed E-state index contributed by atoms with van der Waals surface area (Å²) in [6, 6.07) is 2.89. The molecule has 1 aromatic rings. The summed E-state index contributed by atoms with van der Waals surface area (Å²) < 4.78 is 13.2. The molecule has 0 aromatic heterocycles. The summed E-state index contributed by atoms with van der Waals surface area (Å²) >= 11 is 0. The zero-order valence-corrected chi connectivity index (χ0v) is 7.57. The fraction of sp³-hybridized carbons (Fsp3) is 0. The number of amides is 1. The Bertz CT molecular complexity index is 457. The highest BCUT2D eigenvalue weighted by Crippen LogP contribution is 2.21. The lowest BCUT2D eigenvalue weighted by molar-refractivity contribution is -0.385. The number of nitrogens with zero attached hydrogens (tertiary/aromatic N) is 1. The van der Waals surface area contributed by atoms with Gasteiger partial charge < -0.3 is 5.73 Å². The van der Waals surface area contributed by atoms with E-state index in [9.17, 15) is 19.3 Å². The van der Waals surface area contributed by atoms with Gasteiger partial charge in [-0.15, -0.1) is 0 Å². The minimum absolute atomic E-state index is 0.131. The van der Waals surface area contributed by atoms with Gasteiger partial charge in [-0.2, -0.15) is 0 Å². The van der Waals surface area contributed by atoms with Crippen LogP contribution in [0, 0.1) is 15.9 Å². The zero-order valence-electron chi connectivity index (χ0n) is 7.57. The van der Waals surface area contributed by atoms with Gasteiger partial charge in [-0.3, -0.25) is 14.9 Å². The first-order valence-corrected chi connectivity index (χ1v) is 3.86. The molecule has 0 unspecified atom stereocenters. The van der Waals surface area contributed by atoms with Gasteiger partial charge in [0.05, 0.1) is 11.0 Å². The highest BCUT2D eigenvalue weighted by Gasteiger charge is 2.14. The van der Waals surface area contributed by atoms with Crippen molar-refractivity contribution in [3.05, 3.63) is 46.3 Å². The molecule has 1 rings (SSSR count). The molecular formula is C9H7FN2O3. The molecule has 15 heavy (non-hydrogen) atoms. The maximum Gasteiger partial charge on any atom is 0.272 e. The fourth-order valence-electron chi connectivity index (χ4n) is 0.995. The van der Waals surface area contributed by atoms with Gasteiger partial charge in [-0.05, 0) is 6.07 Å². The normalized spacial score (nSPS) is 9.67. The Morgan fingerprint density at radius 1 is 1.53 bits per heavy atom. The van der Waals surface area contributed by atoms with Crippen LogP contribution >= 0.6 is 0 Å². The third-order valence-electron chi connectivity index (χ3n) is 1.79. The van der Waals surface area contributed by atoms with Crippen LogP contribution < -0.4 is 5.73 Å². The topological polar surface area (TPSA) is 86.2 Å². The maximum atomic E-state index is 13.2. The summed E-state index contributed by atoms with van der Waals surface area (Å²) in [6.45, 7) is 3.28. The molecule has 0 saturated carbocycles. The number of carbonyl (C=O) groups excluding carboxylic acids is 1. The van der Waals surface area contributed by atoms with E-state index in [0.717, 1.165) is 12.1 Å². The standard InChI is InChI=1S/C9H7FN2O3/c1-5(9(11)13)7-3-2-6(12(14)15)4-8(7)10/h2-4H,1H2,(H2,11,13). The molecule has 0 fully saturated rings. The largest absolute Gasteiger partial charge is 0.366 e. The number of nitrogens with two attached hydrogens (primary N) is 1. The molecule has 0 spiro atoms. The van der Waals surface area contributed by atoms with Crippen molar-refractivity contribution < 1.29 is 14.1 Å². The molecule has 0 atom stereocenters. The van der Waals surface area contributed by atoms with E-state index in [4.69, 9.17) is 5.73 Å². The van der Waals surface area contributed by atoms with Crippen LogP contribution in [0.3, 0.4) is 0 Å². The molecule has 0 aliphatic carbocycles. The third kappa shape index (κ3) is 2.16. The summed E-state index contributed by atoms with van der Waals surface area (Å²) in [5, 5.41) is 10.3. The smallest absolute Gasteiger partial charge is 0.272 e. The van der Waals surface area contributed by atoms with E-state index in [-0.39, 0.29) is 11.1 Å². The molecule has 0 heterocycles. The Balaban J connectivity index is 3.19. The van der Waals surface area contributed by atoms with Gasteiger partial charge >= 0.3 is 0 Å². The molecule has 0 bridgehead atoms. The van der Waals surface area contributed by atoms with E-state index >= 15 is 0 Å². The van der Waals surface area contributed by atoms with Crippen LogP contribution in [0.25, 0.3) is 5.57 Å². The van der Waals surface area contributed by atoms with Crippen molar-refractivity contribution in [3.63, 3.8) is 0 Å². The first-order valence-electron chi connectivity index (χ1n) is 3.86. The van der Waals surface area contributed by atoms with Crippen molar-refractivity contribution in [1.29, 1.82) is 0 Å². The molecule has 0 saturated heterocycles. The van der Waals surface area contributed by atoms with Crippen molar-refractivity contribution in [2.75, 3.05) is 0 Å². The predicted octanol–water partition coefficient (Wildman–Crippen LogP) is 1.23. The highest BCUT2D eigenvalue weighted by atomic mass is 19.1. The third-order valence-corrected chi connectivity index (χ3v) is 1.79. The summed E-state index contributed by atoms with van der Waals surface area (Å²) in [5.41, 5.74) is 4.15. The van der Waals surface area contributed by atoms with Crippen LogP contribution in [-0.2, 0) is 4.79 Å². The van der Waals surface area contributed by atoms with Gasteiger partial charge in [0.2, 0.25) is 5.91 Å². The average molecular weight is 210 g/mol. The van der Waals surface area contributed by atoms with E-state index in [1.807, 2.05) is 0 Å². The number of non-ortho nitro benzene ring substituents is 1. The number of hydrogen-bond acceptors (Lipinski definition) is 3. The molecule has 6 heteroatoms. The Hall–Kier alpha value is -2.24. The van der Waals surface area contributed by atoms with E-state index in [2.05, 4.69) is 6.58 Å². The molecule has 78 valence electrons. The lowest BCUT2D eigenvalue weighted by Crippen LogP contribution is -2.12. The molecule has 1 aromatic carbocycles. The zero-order chi connectivity index (χ0) is 11.6. The van der Waals surface area contributed by atoms with Gasteiger partial charge in [-0.25, -0.2) is 4.39 Å². The summed E-state index contributed by atoms with van der Waals surface area (Å²) in [4.78, 5) is 20.2. The number of hydrogen-bond donors (Lipinski definition) is 1. The minimum atomic E-state index is -0.895. The number of rotatable bonds is 3. The van der Waals surface area contributed by atoms with Gasteiger partial charge in [0.15, 0.2) is 0 Å². The summed E-state index contributed by atoms with van der Waals surface area (Å²) in [6.07, 6.45) is 0. The highest BCUT2D eigenvalue weighted by molar-refractivity contribution is 6.17. The molecule has 1 amide bonds. The lowest BCUT2D eigenvalue weighted by atomic mass is 10.1. The van der Waals surface area contributed by atoms with Crippen LogP contribution in [0.2, 0.25) is 0 Å². The van der Waals surface area contributed by atoms with Crippen molar-refractivity contribution in [3.8, 4) is 0 Å². The van der Waals surface area contributed by atoms with E-state index < -0.39 is 22.3 Å². The van der Waals surface area contributed by atoms with Crippen LogP contribution in [0.5, 0.6) is 0 Å². The van der Waals surface area contributed by atoms with Gasteiger partial charge in [0.1, 0.15) is 5.82 Å². The monoisotopic (exact) mass is 210 g/mol. The Labute approximate surface area is 84.2 Å². The molecule has 5 nitrogen and oxygen atoms in total. The molecule has 0 radical (unpaired) electrons. The van der Waals surface area contributed by atoms with E-state index in [1.165, 1.54) is 0 Å². The SMILES string of the molecule is C=C(C(N)=O)c1ccc([N+](=O)[O-])cc1F. The summed E-state index contributed by atoms with van der Waals surface area (Å²) in [7, 11) is 0. The Kier molecular flexibility index (Phi) is 2.80. The van der Waals surface area contributed by atoms with E-state index in [0.29, 0.717) is 6.07 Å². The first kappa shape index (κ1) is 10.8. The summed E-state index contributed by atoms with van der Waals surface area (Å²) in [5.74, 6) is -1.77. The maximum absolute atomic E-state index is 13.2. The second-order valence-corrected chi connectivity index (χ2v) is 2.76. The number of primary amides is 1. The Morgan fingerprint density at radius 2 is 2.13 bits per heavy atom. The second-order valence-electron chi connectivity index (χ2n) is 2.76.